The van der Waals surface area contributed by atoms with Crippen LogP contribution in [0.15, 0.2) is 29.4 Å². The van der Waals surface area contributed by atoms with Crippen molar-refractivity contribution in [1.29, 1.82) is 0 Å². The fourth-order valence-corrected chi connectivity index (χ4v) is 1.42. The third-order valence-electron chi connectivity index (χ3n) is 2.33. The first-order valence-electron chi connectivity index (χ1n) is 5.90. The maximum absolute atomic E-state index is 12.4. The Balaban J connectivity index is 2.83. The van der Waals surface area contributed by atoms with Gasteiger partial charge < -0.3 is 11.1 Å². The van der Waals surface area contributed by atoms with Crippen molar-refractivity contribution < 1.29 is 22.8 Å². The number of nitrogens with zero attached hydrogens (tertiary/aromatic N) is 2. The minimum Gasteiger partial charge on any atom is -0.350 e. The van der Waals surface area contributed by atoms with Crippen molar-refractivity contribution in [3.05, 3.63) is 35.4 Å². The Morgan fingerprint density at radius 3 is 2.36 bits per heavy atom. The van der Waals surface area contributed by atoms with Gasteiger partial charge in [0.1, 0.15) is 0 Å². The van der Waals surface area contributed by atoms with E-state index in [-0.39, 0.29) is 18.0 Å². The van der Waals surface area contributed by atoms with E-state index >= 15 is 0 Å². The molecular formula is C12H12ClF3N4O2. The van der Waals surface area contributed by atoms with Crippen molar-refractivity contribution in [2.75, 3.05) is 12.4 Å². The molecule has 4 amide bonds. The monoisotopic (exact) mass is 336 g/mol. The predicted molar refractivity (Wildman–Crippen MR) is 74.6 cm³/mol. The van der Waals surface area contributed by atoms with Crippen LogP contribution in [0, 0.1) is 0 Å². The smallest absolute Gasteiger partial charge is 0.350 e. The molecule has 0 aromatic heterocycles. The van der Waals surface area contributed by atoms with Crippen LogP contribution in [0.5, 0.6) is 0 Å². The second-order valence-electron chi connectivity index (χ2n) is 3.94. The number of carbonyl (C=O) groups is 2. The number of benzene rings is 1. The van der Waals surface area contributed by atoms with E-state index in [2.05, 4.69) is 10.4 Å². The van der Waals surface area contributed by atoms with Gasteiger partial charge in [-0.3, -0.25) is 0 Å². The molecule has 1 aromatic rings. The number of amides is 4. The summed E-state index contributed by atoms with van der Waals surface area (Å²) in [4.78, 5) is 22.6. The molecule has 0 saturated heterocycles. The summed E-state index contributed by atoms with van der Waals surface area (Å²) < 4.78 is 37.2. The molecular weight excluding hydrogens is 325 g/mol. The molecule has 0 unspecified atom stereocenters. The number of carbonyl (C=O) groups excluding carboxylic acids is 2. The standard InChI is InChI=1S/C12H12ClF3N4O2/c13-5-6-18-11(22)20(10(17)21)19-7-8-1-3-9(4-2-8)12(14,15)16/h1-4,7H,5-6H2,(H2,17,21)(H,18,22)/b19-7+. The lowest BCUT2D eigenvalue weighted by atomic mass is 10.1. The Kier molecular flexibility index (Phi) is 6.17. The summed E-state index contributed by atoms with van der Waals surface area (Å²) in [6, 6.07) is 1.95. The number of hydrogen-bond acceptors (Lipinski definition) is 3. The summed E-state index contributed by atoms with van der Waals surface area (Å²) in [6.07, 6.45) is -3.42. The minimum atomic E-state index is -4.45. The Morgan fingerprint density at radius 1 is 1.32 bits per heavy atom. The van der Waals surface area contributed by atoms with Crippen LogP contribution in [-0.2, 0) is 6.18 Å². The normalized spacial score (nSPS) is 11.5. The number of imide groups is 1. The molecule has 0 bridgehead atoms. The lowest BCUT2D eigenvalue weighted by Crippen LogP contribution is -2.43. The van der Waals surface area contributed by atoms with Gasteiger partial charge in [-0.15, -0.1) is 16.6 Å². The molecule has 0 heterocycles. The second kappa shape index (κ2) is 7.64. The second-order valence-corrected chi connectivity index (χ2v) is 4.31. The van der Waals surface area contributed by atoms with Crippen LogP contribution >= 0.6 is 11.6 Å². The summed E-state index contributed by atoms with van der Waals surface area (Å²) in [5.74, 6) is 0.126. The van der Waals surface area contributed by atoms with Crippen LogP contribution in [0.25, 0.3) is 0 Å². The molecule has 10 heteroatoms. The topological polar surface area (TPSA) is 87.8 Å². The largest absolute Gasteiger partial charge is 0.416 e. The molecule has 1 aromatic carbocycles. The van der Waals surface area contributed by atoms with Gasteiger partial charge in [-0.2, -0.15) is 18.3 Å². The van der Waals surface area contributed by atoms with Crippen molar-refractivity contribution in [3.8, 4) is 0 Å². The van der Waals surface area contributed by atoms with Gasteiger partial charge in [0.15, 0.2) is 0 Å². The van der Waals surface area contributed by atoms with Gasteiger partial charge in [0.25, 0.3) is 0 Å². The maximum atomic E-state index is 12.4. The molecule has 0 saturated carbocycles. The highest BCUT2D eigenvalue weighted by Gasteiger charge is 2.29. The summed E-state index contributed by atoms with van der Waals surface area (Å²) >= 11 is 5.37. The van der Waals surface area contributed by atoms with Gasteiger partial charge in [0.2, 0.25) is 0 Å². The van der Waals surface area contributed by atoms with Gasteiger partial charge in [-0.1, -0.05) is 12.1 Å². The van der Waals surface area contributed by atoms with Gasteiger partial charge in [-0.25, -0.2) is 9.59 Å². The highest BCUT2D eigenvalue weighted by molar-refractivity contribution is 6.18. The predicted octanol–water partition coefficient (Wildman–Crippen LogP) is 2.37. The van der Waals surface area contributed by atoms with E-state index in [4.69, 9.17) is 17.3 Å². The van der Waals surface area contributed by atoms with Gasteiger partial charge in [0, 0.05) is 12.4 Å². The minimum absolute atomic E-state index is 0.0972. The van der Waals surface area contributed by atoms with Crippen molar-refractivity contribution in [2.45, 2.75) is 6.18 Å². The zero-order chi connectivity index (χ0) is 16.8. The van der Waals surface area contributed by atoms with Crippen LogP contribution in [0.4, 0.5) is 22.8 Å². The molecule has 0 aliphatic heterocycles. The average Bonchev–Trinajstić information content (AvgIpc) is 2.44. The first-order valence-corrected chi connectivity index (χ1v) is 6.43. The first kappa shape index (κ1) is 17.8. The van der Waals surface area contributed by atoms with Crippen LogP contribution in [-0.4, -0.2) is 35.7 Å². The number of urea groups is 2. The summed E-state index contributed by atoms with van der Waals surface area (Å²) in [7, 11) is 0. The van der Waals surface area contributed by atoms with Crippen molar-refractivity contribution in [1.82, 2.24) is 10.3 Å². The van der Waals surface area contributed by atoms with E-state index in [9.17, 15) is 22.8 Å². The zero-order valence-electron chi connectivity index (χ0n) is 11.1. The molecule has 0 fully saturated rings. The summed E-state index contributed by atoms with van der Waals surface area (Å²) in [6.45, 7) is 0.0972. The molecule has 0 aliphatic carbocycles. The fourth-order valence-electron chi connectivity index (χ4n) is 1.32. The number of nitrogens with two attached hydrogens (primary N) is 1. The van der Waals surface area contributed by atoms with E-state index in [0.29, 0.717) is 5.01 Å². The summed E-state index contributed by atoms with van der Waals surface area (Å²) in [5.41, 5.74) is 4.42. The molecule has 3 N–H and O–H groups in total. The van der Waals surface area contributed by atoms with Crippen molar-refractivity contribution in [2.24, 2.45) is 10.8 Å². The third-order valence-corrected chi connectivity index (χ3v) is 2.52. The third kappa shape index (κ3) is 5.24. The van der Waals surface area contributed by atoms with Gasteiger partial charge in [-0.05, 0) is 17.7 Å². The molecule has 6 nitrogen and oxygen atoms in total. The quantitative estimate of drug-likeness (QED) is 0.502. The Bertz CT molecular complexity index is 560. The molecule has 22 heavy (non-hydrogen) atoms. The SMILES string of the molecule is NC(=O)N(/N=C/c1ccc(C(F)(F)F)cc1)C(=O)NCCCl. The molecule has 0 aliphatic rings. The first-order chi connectivity index (χ1) is 10.3. The number of hydrogen-bond donors (Lipinski definition) is 2. The highest BCUT2D eigenvalue weighted by atomic mass is 35.5. The molecule has 0 atom stereocenters. The highest BCUT2D eigenvalue weighted by Crippen LogP contribution is 2.28. The van der Waals surface area contributed by atoms with E-state index < -0.39 is 23.8 Å². The van der Waals surface area contributed by atoms with E-state index in [1.807, 2.05) is 0 Å². The number of halogens is 4. The van der Waals surface area contributed by atoms with Crippen molar-refractivity contribution in [3.63, 3.8) is 0 Å². The molecule has 0 radical (unpaired) electrons. The Hall–Kier alpha value is -2.29. The fraction of sp³-hybridized carbons (Fsp3) is 0.250. The lowest BCUT2D eigenvalue weighted by molar-refractivity contribution is -0.137. The maximum Gasteiger partial charge on any atom is 0.416 e. The lowest BCUT2D eigenvalue weighted by Gasteiger charge is -2.12. The van der Waals surface area contributed by atoms with E-state index in [1.165, 1.54) is 0 Å². The summed E-state index contributed by atoms with van der Waals surface area (Å²) in [5, 5.41) is 6.14. The zero-order valence-corrected chi connectivity index (χ0v) is 11.9. The van der Waals surface area contributed by atoms with Crippen LogP contribution < -0.4 is 11.1 Å². The average molecular weight is 337 g/mol. The molecule has 1 rings (SSSR count). The number of rotatable bonds is 4. The number of hydrazone groups is 1. The number of alkyl halides is 4. The van der Waals surface area contributed by atoms with Crippen LogP contribution in [0.3, 0.4) is 0 Å². The van der Waals surface area contributed by atoms with Gasteiger partial charge in [0.05, 0.1) is 11.8 Å². The van der Waals surface area contributed by atoms with E-state index in [0.717, 1.165) is 30.5 Å². The molecule has 0 spiro atoms. The van der Waals surface area contributed by atoms with Gasteiger partial charge >= 0.3 is 18.2 Å². The van der Waals surface area contributed by atoms with Crippen LogP contribution in [0.2, 0.25) is 0 Å². The number of primary amides is 1. The Labute approximate surface area is 128 Å². The Morgan fingerprint density at radius 2 is 1.91 bits per heavy atom. The van der Waals surface area contributed by atoms with Crippen LogP contribution in [0.1, 0.15) is 11.1 Å². The number of nitrogens with one attached hydrogen (secondary N) is 1. The van der Waals surface area contributed by atoms with Crippen molar-refractivity contribution >= 4 is 29.9 Å². The molecule has 120 valence electrons. The van der Waals surface area contributed by atoms with E-state index in [1.54, 1.807) is 0 Å².